The Labute approximate surface area is 125 Å². The van der Waals surface area contributed by atoms with Gasteiger partial charge in [-0.3, -0.25) is 4.79 Å². The maximum absolute atomic E-state index is 12.1. The van der Waals surface area contributed by atoms with Crippen molar-refractivity contribution < 1.29 is 27.8 Å². The summed E-state index contributed by atoms with van der Waals surface area (Å²) < 4.78 is 33.5. The zero-order chi connectivity index (χ0) is 15.9. The zero-order valence-electron chi connectivity index (χ0n) is 11.5. The van der Waals surface area contributed by atoms with E-state index in [9.17, 15) is 18.7 Å². The quantitative estimate of drug-likeness (QED) is 0.823. The van der Waals surface area contributed by atoms with Crippen LogP contribution in [0.15, 0.2) is 47.1 Å². The van der Waals surface area contributed by atoms with Crippen molar-refractivity contribution in [3.8, 4) is 5.75 Å². The first-order chi connectivity index (χ1) is 10.5. The smallest absolute Gasteiger partial charge is 0.387 e. The molecule has 2 N–H and O–H groups in total. The number of hydrogen-bond donors (Lipinski definition) is 2. The van der Waals surface area contributed by atoms with E-state index in [0.717, 1.165) is 0 Å². The molecule has 2 aromatic rings. The average molecular weight is 311 g/mol. The number of nitrogens with one attached hydrogen (secondary N) is 1. The first kappa shape index (κ1) is 16.0. The molecule has 0 spiro atoms. The van der Waals surface area contributed by atoms with Crippen LogP contribution in [0.1, 0.15) is 17.4 Å². The highest BCUT2D eigenvalue weighted by Crippen LogP contribution is 2.16. The number of ether oxygens (including phenoxy) is 1. The van der Waals surface area contributed by atoms with Gasteiger partial charge in [-0.1, -0.05) is 12.1 Å². The van der Waals surface area contributed by atoms with Crippen LogP contribution in [0.2, 0.25) is 0 Å². The monoisotopic (exact) mass is 311 g/mol. The van der Waals surface area contributed by atoms with Crippen molar-refractivity contribution in [2.24, 2.45) is 0 Å². The fraction of sp³-hybridized carbons (Fsp3) is 0.267. The van der Waals surface area contributed by atoms with Gasteiger partial charge in [0.1, 0.15) is 17.6 Å². The Balaban J connectivity index is 1.84. The average Bonchev–Trinajstić information content (AvgIpc) is 2.98. The lowest BCUT2D eigenvalue weighted by atomic mass is 10.1. The molecular formula is C15H15F2NO4. The Morgan fingerprint density at radius 3 is 2.82 bits per heavy atom. The minimum absolute atomic E-state index is 0.000425. The van der Waals surface area contributed by atoms with Crippen LogP contribution in [-0.2, 0) is 11.2 Å². The molecule has 1 atom stereocenters. The van der Waals surface area contributed by atoms with Gasteiger partial charge in [0.25, 0.3) is 0 Å². The number of hydrogen-bond acceptors (Lipinski definition) is 4. The van der Waals surface area contributed by atoms with Crippen LogP contribution in [0, 0.1) is 0 Å². The second kappa shape index (κ2) is 7.56. The van der Waals surface area contributed by atoms with Gasteiger partial charge >= 0.3 is 6.61 Å². The van der Waals surface area contributed by atoms with Crippen LogP contribution in [0.4, 0.5) is 8.78 Å². The molecule has 2 rings (SSSR count). The summed E-state index contributed by atoms with van der Waals surface area (Å²) in [6.45, 7) is -2.91. The molecule has 1 aromatic heterocycles. The van der Waals surface area contributed by atoms with Gasteiger partial charge in [0.05, 0.1) is 19.2 Å². The Kier molecular flexibility index (Phi) is 5.48. The lowest BCUT2D eigenvalue weighted by Gasteiger charge is -2.10. The van der Waals surface area contributed by atoms with Gasteiger partial charge in [-0.2, -0.15) is 8.78 Å². The van der Waals surface area contributed by atoms with Crippen LogP contribution < -0.4 is 10.1 Å². The summed E-state index contributed by atoms with van der Waals surface area (Å²) in [4.78, 5) is 11.8. The summed E-state index contributed by atoms with van der Waals surface area (Å²) in [6.07, 6.45) is 0.479. The summed E-state index contributed by atoms with van der Waals surface area (Å²) in [5.41, 5.74) is 0.531. The Hall–Kier alpha value is -2.41. The van der Waals surface area contributed by atoms with Crippen molar-refractivity contribution in [2.45, 2.75) is 19.1 Å². The molecule has 0 fully saturated rings. The highest BCUT2D eigenvalue weighted by atomic mass is 19.3. The molecular weight excluding hydrogens is 296 g/mol. The van der Waals surface area contributed by atoms with E-state index in [1.165, 1.54) is 24.5 Å². The van der Waals surface area contributed by atoms with E-state index in [-0.39, 0.29) is 24.6 Å². The number of furan rings is 1. The molecule has 0 aliphatic carbocycles. The standard InChI is InChI=1S/C15H15F2NO4/c16-15(17)22-11-4-1-3-10(7-11)8-14(20)18-9-12(19)13-5-2-6-21-13/h1-7,12,15,19H,8-9H2,(H,18,20). The fourth-order valence-electron chi connectivity index (χ4n) is 1.87. The van der Waals surface area contributed by atoms with Gasteiger partial charge in [0.2, 0.25) is 5.91 Å². The maximum Gasteiger partial charge on any atom is 0.387 e. The van der Waals surface area contributed by atoms with Crippen molar-refractivity contribution in [3.05, 3.63) is 54.0 Å². The number of aliphatic hydroxyl groups is 1. The lowest BCUT2D eigenvalue weighted by Crippen LogP contribution is -2.29. The molecule has 22 heavy (non-hydrogen) atoms. The van der Waals surface area contributed by atoms with E-state index in [1.807, 2.05) is 0 Å². The van der Waals surface area contributed by atoms with E-state index >= 15 is 0 Å². The molecule has 0 aliphatic heterocycles. The van der Waals surface area contributed by atoms with E-state index < -0.39 is 12.7 Å². The third kappa shape index (κ3) is 4.85. The number of rotatable bonds is 7. The second-order valence-corrected chi connectivity index (χ2v) is 4.54. The number of benzene rings is 1. The number of halogens is 2. The zero-order valence-corrected chi connectivity index (χ0v) is 11.5. The van der Waals surface area contributed by atoms with E-state index in [1.54, 1.807) is 18.2 Å². The molecule has 0 saturated heterocycles. The maximum atomic E-state index is 12.1. The fourth-order valence-corrected chi connectivity index (χ4v) is 1.87. The van der Waals surface area contributed by atoms with Gasteiger partial charge in [-0.15, -0.1) is 0 Å². The predicted molar refractivity (Wildman–Crippen MR) is 73.5 cm³/mol. The van der Waals surface area contributed by atoms with Gasteiger partial charge < -0.3 is 19.6 Å². The first-order valence-electron chi connectivity index (χ1n) is 6.56. The van der Waals surface area contributed by atoms with E-state index in [2.05, 4.69) is 10.1 Å². The van der Waals surface area contributed by atoms with Gasteiger partial charge in [0.15, 0.2) is 0 Å². The van der Waals surface area contributed by atoms with Crippen molar-refractivity contribution in [2.75, 3.05) is 6.54 Å². The van der Waals surface area contributed by atoms with Crippen molar-refractivity contribution in [1.82, 2.24) is 5.32 Å². The minimum Gasteiger partial charge on any atom is -0.467 e. The number of aliphatic hydroxyl groups excluding tert-OH is 1. The third-order valence-corrected chi connectivity index (χ3v) is 2.85. The van der Waals surface area contributed by atoms with Crippen LogP contribution in [0.25, 0.3) is 0 Å². The summed E-state index contributed by atoms with van der Waals surface area (Å²) in [7, 11) is 0. The van der Waals surface area contributed by atoms with Crippen molar-refractivity contribution in [1.29, 1.82) is 0 Å². The molecule has 0 bridgehead atoms. The van der Waals surface area contributed by atoms with Crippen LogP contribution in [-0.4, -0.2) is 24.2 Å². The molecule has 1 unspecified atom stereocenters. The largest absolute Gasteiger partial charge is 0.467 e. The molecule has 0 radical (unpaired) electrons. The molecule has 5 nitrogen and oxygen atoms in total. The second-order valence-electron chi connectivity index (χ2n) is 4.54. The number of carbonyl (C=O) groups excluding carboxylic acids is 1. The summed E-state index contributed by atoms with van der Waals surface area (Å²) in [5, 5.41) is 12.3. The molecule has 1 amide bonds. The Bertz CT molecular complexity index is 601. The van der Waals surface area contributed by atoms with Crippen LogP contribution >= 0.6 is 0 Å². The molecule has 7 heteroatoms. The van der Waals surface area contributed by atoms with Crippen LogP contribution in [0.3, 0.4) is 0 Å². The summed E-state index contributed by atoms with van der Waals surface area (Å²) in [5.74, 6) is 0.00311. The van der Waals surface area contributed by atoms with Gasteiger partial charge in [-0.05, 0) is 29.8 Å². The lowest BCUT2D eigenvalue weighted by molar-refractivity contribution is -0.120. The van der Waals surface area contributed by atoms with Gasteiger partial charge in [0, 0.05) is 0 Å². The molecule has 1 heterocycles. The van der Waals surface area contributed by atoms with Gasteiger partial charge in [-0.25, -0.2) is 0 Å². The molecule has 0 saturated carbocycles. The molecule has 0 aliphatic rings. The van der Waals surface area contributed by atoms with Crippen LogP contribution in [0.5, 0.6) is 5.75 Å². The number of carbonyl (C=O) groups is 1. The van der Waals surface area contributed by atoms with E-state index in [0.29, 0.717) is 11.3 Å². The molecule has 118 valence electrons. The summed E-state index contributed by atoms with van der Waals surface area (Å²) in [6, 6.07) is 9.14. The SMILES string of the molecule is O=C(Cc1cccc(OC(F)F)c1)NCC(O)c1ccco1. The Morgan fingerprint density at radius 2 is 2.14 bits per heavy atom. The third-order valence-electron chi connectivity index (χ3n) is 2.85. The highest BCUT2D eigenvalue weighted by Gasteiger charge is 2.12. The normalized spacial score (nSPS) is 12.2. The first-order valence-corrected chi connectivity index (χ1v) is 6.56. The number of alkyl halides is 2. The minimum atomic E-state index is -2.91. The van der Waals surface area contributed by atoms with Crippen molar-refractivity contribution in [3.63, 3.8) is 0 Å². The Morgan fingerprint density at radius 1 is 1.32 bits per heavy atom. The van der Waals surface area contributed by atoms with Crippen molar-refractivity contribution >= 4 is 5.91 Å². The summed E-state index contributed by atoms with van der Waals surface area (Å²) >= 11 is 0. The topological polar surface area (TPSA) is 71.7 Å². The number of amides is 1. The van der Waals surface area contributed by atoms with E-state index in [4.69, 9.17) is 4.42 Å². The molecule has 1 aromatic carbocycles. The highest BCUT2D eigenvalue weighted by molar-refractivity contribution is 5.78. The predicted octanol–water partition coefficient (Wildman–Crippen LogP) is 2.27.